The Morgan fingerprint density at radius 1 is 0.605 bits per heavy atom. The van der Waals surface area contributed by atoms with Gasteiger partial charge in [-0.1, -0.05) is 91.0 Å². The highest BCUT2D eigenvalue weighted by Gasteiger charge is 2.73. The number of aldehydes is 1. The van der Waals surface area contributed by atoms with Crippen molar-refractivity contribution in [3.63, 3.8) is 0 Å². The number of hydrogen-bond donors (Lipinski definition) is 0. The van der Waals surface area contributed by atoms with E-state index in [-0.39, 0.29) is 19.8 Å². The Morgan fingerprint density at radius 2 is 1.02 bits per heavy atom. The highest BCUT2D eigenvalue weighted by atomic mass is 16.8. The zero-order valence-corrected chi connectivity index (χ0v) is 25.4. The molecule has 0 unspecified atom stereocenters. The minimum atomic E-state index is -1.43. The molecule has 3 aromatic rings. The van der Waals surface area contributed by atoms with Crippen LogP contribution in [0.5, 0.6) is 0 Å². The molecule has 0 spiro atoms. The molecular formula is C35H42O8. The van der Waals surface area contributed by atoms with Crippen molar-refractivity contribution in [3.05, 3.63) is 108 Å². The van der Waals surface area contributed by atoms with Crippen molar-refractivity contribution in [2.24, 2.45) is 0 Å². The molecule has 230 valence electrons. The Morgan fingerprint density at radius 3 is 1.51 bits per heavy atom. The van der Waals surface area contributed by atoms with Gasteiger partial charge in [-0.15, -0.1) is 0 Å². The number of carbonyl (C=O) groups is 1. The molecule has 2 aliphatic heterocycles. The van der Waals surface area contributed by atoms with Gasteiger partial charge in [0.15, 0.2) is 35.2 Å². The molecule has 0 amide bonds. The van der Waals surface area contributed by atoms with Gasteiger partial charge in [-0.25, -0.2) is 0 Å². The first-order valence-electron chi connectivity index (χ1n) is 14.7. The smallest absolute Gasteiger partial charge is 0.165 e. The van der Waals surface area contributed by atoms with Crippen LogP contribution in [0.4, 0.5) is 0 Å². The summed E-state index contributed by atoms with van der Waals surface area (Å²) in [5.41, 5.74) is 0.230. The van der Waals surface area contributed by atoms with E-state index in [0.717, 1.165) is 23.0 Å². The lowest BCUT2D eigenvalue weighted by molar-refractivity contribution is -0.272. The lowest BCUT2D eigenvalue weighted by atomic mass is 9.75. The van der Waals surface area contributed by atoms with Gasteiger partial charge >= 0.3 is 0 Å². The summed E-state index contributed by atoms with van der Waals surface area (Å²) < 4.78 is 45.3. The molecule has 8 nitrogen and oxygen atoms in total. The van der Waals surface area contributed by atoms with E-state index >= 15 is 0 Å². The van der Waals surface area contributed by atoms with Gasteiger partial charge in [0.2, 0.25) is 0 Å². The fourth-order valence-corrected chi connectivity index (χ4v) is 6.01. The van der Waals surface area contributed by atoms with E-state index in [1.165, 1.54) is 0 Å². The number of carbonyl (C=O) groups excluding carboxylic acids is 1. The summed E-state index contributed by atoms with van der Waals surface area (Å²) in [6.07, 6.45) is -0.967. The molecule has 2 saturated heterocycles. The average molecular weight is 591 g/mol. The van der Waals surface area contributed by atoms with Gasteiger partial charge in [-0.3, -0.25) is 0 Å². The molecule has 0 bridgehead atoms. The lowest BCUT2D eigenvalue weighted by Gasteiger charge is -2.47. The predicted octanol–water partition coefficient (Wildman–Crippen LogP) is 5.62. The summed E-state index contributed by atoms with van der Waals surface area (Å²) in [4.78, 5) is 12.8. The van der Waals surface area contributed by atoms with E-state index in [1.807, 2.05) is 105 Å². The van der Waals surface area contributed by atoms with E-state index in [9.17, 15) is 4.79 Å². The first kappa shape index (κ1) is 31.5. The molecular weight excluding hydrogens is 548 g/mol. The maximum absolute atomic E-state index is 12.8. The summed E-state index contributed by atoms with van der Waals surface area (Å²) in [6, 6.07) is 29.6. The highest BCUT2D eigenvalue weighted by Crippen LogP contribution is 2.52. The summed E-state index contributed by atoms with van der Waals surface area (Å²) in [5.74, 6) is -2.16. The predicted molar refractivity (Wildman–Crippen MR) is 160 cm³/mol. The summed E-state index contributed by atoms with van der Waals surface area (Å²) in [6.45, 7) is 8.41. The van der Waals surface area contributed by atoms with Crippen molar-refractivity contribution in [3.8, 4) is 0 Å². The third-order valence-corrected chi connectivity index (χ3v) is 7.75. The minimum Gasteiger partial charge on any atom is -0.374 e. The molecule has 0 radical (unpaired) electrons. The molecule has 0 aliphatic carbocycles. The van der Waals surface area contributed by atoms with Crippen LogP contribution >= 0.6 is 0 Å². The molecule has 0 aromatic heterocycles. The molecule has 43 heavy (non-hydrogen) atoms. The van der Waals surface area contributed by atoms with Crippen molar-refractivity contribution in [2.75, 3.05) is 19.8 Å². The standard InChI is InChI=1S/C35H42O8/c1-32(2)40-30(20-36)34(42-32,25-38-22-28-16-10-6-11-17-28)35(26-39-23-29-18-12-7-13-19-29)31(41-33(3,4)43-35)24-37-21-27-14-8-5-9-15-27/h5-20,30-31H,21-26H2,1-4H3/t30-,31-,34+,35+/m1/s1. The Kier molecular flexibility index (Phi) is 9.78. The maximum Gasteiger partial charge on any atom is 0.165 e. The largest absolute Gasteiger partial charge is 0.374 e. The minimum absolute atomic E-state index is 0.0158. The number of hydrogen-bond acceptors (Lipinski definition) is 8. The van der Waals surface area contributed by atoms with Crippen molar-refractivity contribution < 1.29 is 38.0 Å². The van der Waals surface area contributed by atoms with Crippen molar-refractivity contribution >= 4 is 6.29 Å². The van der Waals surface area contributed by atoms with Crippen LogP contribution in [-0.4, -0.2) is 61.1 Å². The second-order valence-corrected chi connectivity index (χ2v) is 12.0. The van der Waals surface area contributed by atoms with Gasteiger partial charge in [0.25, 0.3) is 0 Å². The van der Waals surface area contributed by atoms with Crippen LogP contribution in [0.15, 0.2) is 91.0 Å². The van der Waals surface area contributed by atoms with Crippen LogP contribution in [0, 0.1) is 0 Å². The molecule has 2 aliphatic rings. The summed E-state index contributed by atoms with van der Waals surface area (Å²) in [5, 5.41) is 0. The number of rotatable bonds is 14. The van der Waals surface area contributed by atoms with E-state index in [1.54, 1.807) is 13.8 Å². The van der Waals surface area contributed by atoms with Crippen molar-refractivity contribution in [2.45, 2.75) is 82.5 Å². The van der Waals surface area contributed by atoms with Crippen molar-refractivity contribution in [1.82, 2.24) is 0 Å². The monoisotopic (exact) mass is 590 g/mol. The topological polar surface area (TPSA) is 81.7 Å². The Balaban J connectivity index is 1.50. The second kappa shape index (κ2) is 13.4. The summed E-state index contributed by atoms with van der Waals surface area (Å²) >= 11 is 0. The quantitative estimate of drug-likeness (QED) is 0.224. The van der Waals surface area contributed by atoms with E-state index < -0.39 is 35.0 Å². The molecule has 5 rings (SSSR count). The molecule has 0 N–H and O–H groups in total. The van der Waals surface area contributed by atoms with Crippen molar-refractivity contribution in [1.29, 1.82) is 0 Å². The lowest BCUT2D eigenvalue weighted by Crippen LogP contribution is -2.70. The summed E-state index contributed by atoms with van der Waals surface area (Å²) in [7, 11) is 0. The molecule has 3 aromatic carbocycles. The van der Waals surface area contributed by atoms with Crippen LogP contribution in [0.2, 0.25) is 0 Å². The van der Waals surface area contributed by atoms with Gasteiger partial charge in [-0.2, -0.15) is 0 Å². The van der Waals surface area contributed by atoms with Crippen LogP contribution in [-0.2, 0) is 57.8 Å². The Bertz CT molecular complexity index is 1300. The van der Waals surface area contributed by atoms with E-state index in [0.29, 0.717) is 19.8 Å². The molecule has 4 atom stereocenters. The zero-order valence-electron chi connectivity index (χ0n) is 25.4. The first-order chi connectivity index (χ1) is 20.7. The molecule has 2 heterocycles. The van der Waals surface area contributed by atoms with E-state index in [2.05, 4.69) is 0 Å². The van der Waals surface area contributed by atoms with Crippen LogP contribution < -0.4 is 0 Å². The Hall–Kier alpha value is -2.95. The third kappa shape index (κ3) is 7.24. The molecule has 0 saturated carbocycles. The molecule has 8 heteroatoms. The SMILES string of the molecule is CC1(C)O[C@H](C=O)[C@@](COCc2ccccc2)([C@@]2(COCc3ccccc3)OC(C)(C)O[C@@H]2COCc2ccccc2)O1. The van der Waals surface area contributed by atoms with Gasteiger partial charge < -0.3 is 38.0 Å². The maximum atomic E-state index is 12.8. The highest BCUT2D eigenvalue weighted by molar-refractivity contribution is 5.60. The van der Waals surface area contributed by atoms with Crippen LogP contribution in [0.25, 0.3) is 0 Å². The molecule has 2 fully saturated rings. The fraction of sp³-hybridized carbons (Fsp3) is 0.457. The van der Waals surface area contributed by atoms with Gasteiger partial charge in [-0.05, 0) is 44.4 Å². The second-order valence-electron chi connectivity index (χ2n) is 12.0. The number of benzene rings is 3. The normalized spacial score (nSPS) is 27.7. The van der Waals surface area contributed by atoms with Gasteiger partial charge in [0.1, 0.15) is 6.10 Å². The first-order valence-corrected chi connectivity index (χ1v) is 14.7. The zero-order chi connectivity index (χ0) is 30.4. The Labute approximate surface area is 254 Å². The van der Waals surface area contributed by atoms with Crippen LogP contribution in [0.1, 0.15) is 44.4 Å². The van der Waals surface area contributed by atoms with E-state index in [4.69, 9.17) is 33.2 Å². The van der Waals surface area contributed by atoms with Crippen LogP contribution in [0.3, 0.4) is 0 Å². The third-order valence-electron chi connectivity index (χ3n) is 7.75. The number of ether oxygens (including phenoxy) is 7. The van der Waals surface area contributed by atoms with Gasteiger partial charge in [0, 0.05) is 0 Å². The average Bonchev–Trinajstić information content (AvgIpc) is 3.43. The van der Waals surface area contributed by atoms with Gasteiger partial charge in [0.05, 0.1) is 39.6 Å². The fourth-order valence-electron chi connectivity index (χ4n) is 6.01.